The molecule has 0 aromatic heterocycles. The van der Waals surface area contributed by atoms with Crippen molar-refractivity contribution in [2.45, 2.75) is 32.1 Å². The van der Waals surface area contributed by atoms with Crippen molar-refractivity contribution in [3.05, 3.63) is 70.5 Å². The number of aliphatic hydroxyl groups excluding tert-OH is 1. The van der Waals surface area contributed by atoms with Crippen molar-refractivity contribution in [2.75, 3.05) is 24.7 Å². The van der Waals surface area contributed by atoms with Gasteiger partial charge in [0.15, 0.2) is 0 Å². The van der Waals surface area contributed by atoms with E-state index in [1.54, 1.807) is 31.2 Å². The minimum absolute atomic E-state index is 0.0928. The number of rotatable bonds is 8. The summed E-state index contributed by atoms with van der Waals surface area (Å²) in [4.78, 5) is 68.8. The van der Waals surface area contributed by atoms with Gasteiger partial charge in [0.05, 0.1) is 46.9 Å². The van der Waals surface area contributed by atoms with Crippen LogP contribution in [0.25, 0.3) is 0 Å². The molecule has 3 fully saturated rings. The number of halogens is 2. The summed E-state index contributed by atoms with van der Waals surface area (Å²) >= 11 is 6.03. The maximum Gasteiger partial charge on any atom is 0.305 e. The molecule has 2 heterocycles. The van der Waals surface area contributed by atoms with Gasteiger partial charge in [-0.25, -0.2) is 9.29 Å². The van der Waals surface area contributed by atoms with Crippen LogP contribution < -0.4 is 9.64 Å². The van der Waals surface area contributed by atoms with Crippen molar-refractivity contribution in [3.63, 3.8) is 0 Å². The lowest BCUT2D eigenvalue weighted by molar-refractivity contribution is -0.142. The van der Waals surface area contributed by atoms with Crippen molar-refractivity contribution in [2.24, 2.45) is 29.1 Å². The van der Waals surface area contributed by atoms with Gasteiger partial charge in [0.1, 0.15) is 18.2 Å². The van der Waals surface area contributed by atoms with Crippen LogP contribution in [-0.4, -0.2) is 64.5 Å². The molecule has 0 spiro atoms. The standard InChI is InChI=1S/C32H30ClFN2O8/c1-32-22(29(41)36(31(32)43)17-4-9-24(34)23(33)14-17)15-21-19(27(32)16-2-5-18(6-3-16)44-13-12-37)7-8-20-26(21)30(42)35(28(20)40)11-10-25(38)39/h2-7,9,14,20-22,26-27,37H,8,10-13,15H2,1H3,(H,38,39)/t20-,21+,22-,26-,27-,32+/m0/s1. The number of aliphatic carboxylic acids is 1. The minimum atomic E-state index is -1.30. The molecule has 0 bridgehead atoms. The molecule has 2 aliphatic heterocycles. The van der Waals surface area contributed by atoms with Crippen LogP contribution in [0.4, 0.5) is 10.1 Å². The zero-order valence-electron chi connectivity index (χ0n) is 23.7. The molecule has 4 amide bonds. The van der Waals surface area contributed by atoms with E-state index in [1.807, 2.05) is 6.08 Å². The second-order valence-corrected chi connectivity index (χ2v) is 12.3. The van der Waals surface area contributed by atoms with Crippen molar-refractivity contribution in [3.8, 4) is 5.75 Å². The molecule has 44 heavy (non-hydrogen) atoms. The summed E-state index contributed by atoms with van der Waals surface area (Å²) in [5.74, 6) is -6.80. The van der Waals surface area contributed by atoms with E-state index >= 15 is 0 Å². The molecular weight excluding hydrogens is 595 g/mol. The van der Waals surface area contributed by atoms with Crippen LogP contribution in [0, 0.1) is 34.9 Å². The molecule has 2 aromatic carbocycles. The Bertz CT molecular complexity index is 1610. The minimum Gasteiger partial charge on any atom is -0.491 e. The summed E-state index contributed by atoms with van der Waals surface area (Å²) in [6, 6.07) is 10.6. The number of aliphatic hydroxyl groups is 1. The molecule has 2 aliphatic carbocycles. The molecule has 6 rings (SSSR count). The summed E-state index contributed by atoms with van der Waals surface area (Å²) in [6.07, 6.45) is 1.88. The van der Waals surface area contributed by atoms with Gasteiger partial charge < -0.3 is 14.9 Å². The molecule has 6 atom stereocenters. The summed E-state index contributed by atoms with van der Waals surface area (Å²) < 4.78 is 19.5. The Morgan fingerprint density at radius 2 is 1.80 bits per heavy atom. The molecule has 0 radical (unpaired) electrons. The first-order chi connectivity index (χ1) is 21.0. The van der Waals surface area contributed by atoms with Crippen molar-refractivity contribution >= 4 is 46.9 Å². The fraction of sp³-hybridized carbons (Fsp3) is 0.406. The normalized spacial score (nSPS) is 29.4. The highest BCUT2D eigenvalue weighted by Gasteiger charge is 2.67. The van der Waals surface area contributed by atoms with Crippen molar-refractivity contribution in [1.82, 2.24) is 4.90 Å². The molecule has 4 aliphatic rings. The van der Waals surface area contributed by atoms with Crippen LogP contribution in [0.15, 0.2) is 54.1 Å². The fourth-order valence-electron chi connectivity index (χ4n) is 7.68. The number of anilines is 1. The SMILES string of the molecule is C[C@@]12C(=O)N(c3ccc(F)c(Cl)c3)C(=O)[C@@H]1C[C@@H]1C(=CC[C@@H]3C(=O)N(CCC(=O)O)C(=O)[C@@H]31)[C@@H]2c1ccc(OCCO)cc1. The highest BCUT2D eigenvalue weighted by atomic mass is 35.5. The lowest BCUT2D eigenvalue weighted by atomic mass is 9.51. The average molecular weight is 625 g/mol. The summed E-state index contributed by atoms with van der Waals surface area (Å²) in [7, 11) is 0. The predicted molar refractivity (Wildman–Crippen MR) is 154 cm³/mol. The highest BCUT2D eigenvalue weighted by Crippen LogP contribution is 2.63. The number of carboxylic acids is 1. The topological polar surface area (TPSA) is 142 Å². The number of carbonyl (C=O) groups is 5. The van der Waals surface area contributed by atoms with Gasteiger partial charge in [-0.1, -0.05) is 35.4 Å². The Labute approximate surface area is 257 Å². The smallest absolute Gasteiger partial charge is 0.305 e. The van der Waals surface area contributed by atoms with E-state index in [4.69, 9.17) is 21.4 Å². The van der Waals surface area contributed by atoms with E-state index in [0.717, 1.165) is 21.4 Å². The van der Waals surface area contributed by atoms with Crippen LogP contribution in [0.1, 0.15) is 37.7 Å². The number of hydrogen-bond donors (Lipinski definition) is 2. The molecule has 0 unspecified atom stereocenters. The highest BCUT2D eigenvalue weighted by molar-refractivity contribution is 6.31. The molecule has 1 saturated carbocycles. The number of imide groups is 2. The van der Waals surface area contributed by atoms with E-state index in [1.165, 1.54) is 12.1 Å². The van der Waals surface area contributed by atoms with Gasteiger partial charge in [0.25, 0.3) is 0 Å². The number of fused-ring (bicyclic) bond motifs is 4. The molecule has 2 aromatic rings. The Kier molecular flexibility index (Phi) is 7.57. The third-order valence-corrected chi connectivity index (χ3v) is 9.94. The first kappa shape index (κ1) is 30.0. The van der Waals surface area contributed by atoms with Crippen LogP contribution in [-0.2, 0) is 24.0 Å². The zero-order chi connectivity index (χ0) is 31.5. The number of carboxylic acid groups (broad SMARTS) is 1. The number of hydrogen-bond acceptors (Lipinski definition) is 7. The van der Waals surface area contributed by atoms with E-state index < -0.39 is 70.4 Å². The lowest BCUT2D eigenvalue weighted by Gasteiger charge is -2.49. The van der Waals surface area contributed by atoms with E-state index in [9.17, 15) is 33.5 Å². The molecule has 2 N–H and O–H groups in total. The largest absolute Gasteiger partial charge is 0.491 e. The second-order valence-electron chi connectivity index (χ2n) is 11.9. The zero-order valence-corrected chi connectivity index (χ0v) is 24.5. The number of likely N-dealkylation sites (tertiary alicyclic amines) is 1. The predicted octanol–water partition coefficient (Wildman–Crippen LogP) is 3.56. The molecule has 2 saturated heterocycles. The number of nitrogens with zero attached hydrogens (tertiary/aromatic N) is 2. The maximum atomic E-state index is 14.4. The van der Waals surface area contributed by atoms with E-state index in [-0.39, 0.29) is 49.7 Å². The molecule has 12 heteroatoms. The Balaban J connectivity index is 1.45. The van der Waals surface area contributed by atoms with Crippen molar-refractivity contribution in [1.29, 1.82) is 0 Å². The fourth-order valence-corrected chi connectivity index (χ4v) is 7.85. The average Bonchev–Trinajstić information content (AvgIpc) is 3.36. The Morgan fingerprint density at radius 3 is 2.45 bits per heavy atom. The first-order valence-electron chi connectivity index (χ1n) is 14.4. The van der Waals surface area contributed by atoms with E-state index in [0.29, 0.717) is 11.3 Å². The lowest BCUT2D eigenvalue weighted by Crippen LogP contribution is -2.48. The third kappa shape index (κ3) is 4.52. The second kappa shape index (κ2) is 11.1. The van der Waals surface area contributed by atoms with Gasteiger partial charge in [-0.3, -0.25) is 28.9 Å². The number of ether oxygens (including phenoxy) is 1. The number of benzene rings is 2. The molecule has 230 valence electrons. The molecular formula is C32H30ClFN2O8. The number of amides is 4. The summed E-state index contributed by atoms with van der Waals surface area (Å²) in [6.45, 7) is 1.42. The van der Waals surface area contributed by atoms with Gasteiger partial charge in [0.2, 0.25) is 23.6 Å². The van der Waals surface area contributed by atoms with Gasteiger partial charge in [-0.15, -0.1) is 0 Å². The summed E-state index contributed by atoms with van der Waals surface area (Å²) in [5.41, 5.74) is 0.309. The van der Waals surface area contributed by atoms with E-state index in [2.05, 4.69) is 0 Å². The van der Waals surface area contributed by atoms with Gasteiger partial charge in [-0.2, -0.15) is 0 Å². The van der Waals surface area contributed by atoms with Crippen LogP contribution in [0.2, 0.25) is 5.02 Å². The monoisotopic (exact) mass is 624 g/mol. The Morgan fingerprint density at radius 1 is 1.07 bits per heavy atom. The van der Waals surface area contributed by atoms with Crippen LogP contribution in [0.5, 0.6) is 5.75 Å². The van der Waals surface area contributed by atoms with Crippen LogP contribution in [0.3, 0.4) is 0 Å². The summed E-state index contributed by atoms with van der Waals surface area (Å²) in [5, 5.41) is 18.1. The van der Waals surface area contributed by atoms with Gasteiger partial charge >= 0.3 is 5.97 Å². The Hall–Kier alpha value is -4.09. The number of carbonyl (C=O) groups excluding carboxylic acids is 4. The third-order valence-electron chi connectivity index (χ3n) is 9.65. The molecule has 10 nitrogen and oxygen atoms in total. The van der Waals surface area contributed by atoms with Gasteiger partial charge in [-0.05, 0) is 61.6 Å². The quantitative estimate of drug-likeness (QED) is 0.336. The number of allylic oxidation sites excluding steroid dienone is 2. The first-order valence-corrected chi connectivity index (χ1v) is 14.8. The van der Waals surface area contributed by atoms with Crippen LogP contribution >= 0.6 is 11.6 Å². The van der Waals surface area contributed by atoms with Gasteiger partial charge in [0, 0.05) is 12.5 Å². The maximum absolute atomic E-state index is 14.4. The van der Waals surface area contributed by atoms with Crippen molar-refractivity contribution < 1.29 is 43.3 Å².